The van der Waals surface area contributed by atoms with Gasteiger partial charge in [0.1, 0.15) is 5.75 Å². The van der Waals surface area contributed by atoms with E-state index in [1.165, 1.54) is 0 Å². The Hall–Kier alpha value is -2.21. The van der Waals surface area contributed by atoms with Gasteiger partial charge in [-0.25, -0.2) is 0 Å². The van der Waals surface area contributed by atoms with Gasteiger partial charge in [-0.15, -0.1) is 0 Å². The van der Waals surface area contributed by atoms with Crippen molar-refractivity contribution in [3.05, 3.63) is 65.7 Å². The van der Waals surface area contributed by atoms with Gasteiger partial charge < -0.3 is 20.7 Å². The molecule has 0 aliphatic rings. The van der Waals surface area contributed by atoms with Crippen LogP contribution < -0.4 is 10.5 Å². The Morgan fingerprint density at radius 2 is 1.46 bits per heavy atom. The van der Waals surface area contributed by atoms with Gasteiger partial charge in [-0.3, -0.25) is 4.79 Å². The Kier molecular flexibility index (Phi) is 7.78. The second-order valence-electron chi connectivity index (χ2n) is 6.48. The topological polar surface area (TPSA) is 92.8 Å². The fraction of sp³-hybridized carbons (Fsp3) is 0.381. The molecule has 140 valence electrons. The Morgan fingerprint density at radius 1 is 0.885 bits per heavy atom. The molecule has 2 rings (SSSR count). The van der Waals surface area contributed by atoms with E-state index in [4.69, 9.17) is 20.7 Å². The fourth-order valence-corrected chi connectivity index (χ4v) is 2.89. The van der Waals surface area contributed by atoms with Crippen molar-refractivity contribution in [1.29, 1.82) is 0 Å². The van der Waals surface area contributed by atoms with Gasteiger partial charge in [-0.2, -0.15) is 0 Å². The fourth-order valence-electron chi connectivity index (χ4n) is 2.89. The third kappa shape index (κ3) is 5.95. The molecule has 0 unspecified atom stereocenters. The van der Waals surface area contributed by atoms with Gasteiger partial charge in [0.15, 0.2) is 5.78 Å². The van der Waals surface area contributed by atoms with E-state index in [0.717, 1.165) is 6.42 Å². The first-order valence-electron chi connectivity index (χ1n) is 8.91. The molecule has 0 aliphatic heterocycles. The van der Waals surface area contributed by atoms with Crippen LogP contribution in [0.15, 0.2) is 54.6 Å². The van der Waals surface area contributed by atoms with Crippen LogP contribution in [0.3, 0.4) is 0 Å². The predicted molar refractivity (Wildman–Crippen MR) is 101 cm³/mol. The molecule has 0 atom stereocenters. The third-order valence-electron chi connectivity index (χ3n) is 4.46. The molecule has 26 heavy (non-hydrogen) atoms. The highest BCUT2D eigenvalue weighted by Gasteiger charge is 2.23. The molecule has 0 saturated heterocycles. The van der Waals surface area contributed by atoms with Crippen LogP contribution in [-0.2, 0) is 0 Å². The van der Waals surface area contributed by atoms with E-state index >= 15 is 0 Å². The summed E-state index contributed by atoms with van der Waals surface area (Å²) in [6.45, 7) is 0.504. The summed E-state index contributed by atoms with van der Waals surface area (Å²) in [5.74, 6) is 0.680. The van der Waals surface area contributed by atoms with Gasteiger partial charge in [-0.05, 0) is 49.9 Å². The average molecular weight is 357 g/mol. The summed E-state index contributed by atoms with van der Waals surface area (Å²) >= 11 is 0. The van der Waals surface area contributed by atoms with Crippen LogP contribution in [0.1, 0.15) is 41.6 Å². The summed E-state index contributed by atoms with van der Waals surface area (Å²) in [4.78, 5) is 12.4. The second-order valence-corrected chi connectivity index (χ2v) is 6.48. The molecular weight excluding hydrogens is 330 g/mol. The second kappa shape index (κ2) is 10.1. The SMILES string of the molecule is NC(CCO)(CCO)CCCOc1ccc(C(=O)c2ccccc2)cc1. The number of rotatable bonds is 11. The van der Waals surface area contributed by atoms with Crippen molar-refractivity contribution in [2.45, 2.75) is 31.2 Å². The van der Waals surface area contributed by atoms with Gasteiger partial charge >= 0.3 is 0 Å². The molecule has 5 heteroatoms. The van der Waals surface area contributed by atoms with Crippen LogP contribution in [0.4, 0.5) is 0 Å². The number of hydrogen-bond acceptors (Lipinski definition) is 5. The minimum absolute atomic E-state index is 0.00820. The number of carbonyl (C=O) groups excluding carboxylic acids is 1. The molecule has 2 aromatic carbocycles. The van der Waals surface area contributed by atoms with Gasteiger partial charge in [0, 0.05) is 29.9 Å². The Labute approximate surface area is 154 Å². The summed E-state index contributed by atoms with van der Waals surface area (Å²) in [6.07, 6.45) is 2.31. The minimum Gasteiger partial charge on any atom is -0.494 e. The molecule has 4 N–H and O–H groups in total. The normalized spacial score (nSPS) is 11.3. The molecule has 0 bridgehead atoms. The van der Waals surface area contributed by atoms with E-state index in [2.05, 4.69) is 0 Å². The molecule has 0 aliphatic carbocycles. The standard InChI is InChI=1S/C21H27NO4/c22-21(12-14-23,13-15-24)11-4-16-26-19-9-7-18(8-10-19)20(25)17-5-2-1-3-6-17/h1-3,5-10,23-24H,4,11-16,22H2. The zero-order chi connectivity index (χ0) is 18.8. The number of benzene rings is 2. The molecule has 0 fully saturated rings. The molecule has 0 amide bonds. The summed E-state index contributed by atoms with van der Waals surface area (Å²) in [7, 11) is 0. The third-order valence-corrected chi connectivity index (χ3v) is 4.46. The van der Waals surface area contributed by atoms with Crippen molar-refractivity contribution in [2.75, 3.05) is 19.8 Å². The number of ether oxygens (including phenoxy) is 1. The van der Waals surface area contributed by atoms with Gasteiger partial charge in [0.2, 0.25) is 0 Å². The summed E-state index contributed by atoms with van der Waals surface area (Å²) in [5, 5.41) is 18.2. The summed E-state index contributed by atoms with van der Waals surface area (Å²) in [6, 6.07) is 16.2. The lowest BCUT2D eigenvalue weighted by molar-refractivity contribution is 0.103. The summed E-state index contributed by atoms with van der Waals surface area (Å²) in [5.41, 5.74) is 6.92. The molecule has 0 heterocycles. The maximum Gasteiger partial charge on any atom is 0.193 e. The van der Waals surface area contributed by atoms with Gasteiger partial charge in [-0.1, -0.05) is 30.3 Å². The molecule has 5 nitrogen and oxygen atoms in total. The number of ketones is 1. The van der Waals surface area contributed by atoms with Crippen LogP contribution in [0.5, 0.6) is 5.75 Å². The summed E-state index contributed by atoms with van der Waals surface area (Å²) < 4.78 is 5.71. The van der Waals surface area contributed by atoms with Crippen molar-refractivity contribution < 1.29 is 19.7 Å². The Bertz CT molecular complexity index is 664. The largest absolute Gasteiger partial charge is 0.494 e. The minimum atomic E-state index is -0.557. The first-order chi connectivity index (χ1) is 12.6. The lowest BCUT2D eigenvalue weighted by atomic mass is 9.88. The van der Waals surface area contributed by atoms with E-state index in [1.807, 2.05) is 18.2 Å². The van der Waals surface area contributed by atoms with Crippen LogP contribution in [0.25, 0.3) is 0 Å². The van der Waals surface area contributed by atoms with E-state index in [1.54, 1.807) is 36.4 Å². The molecule has 0 spiro atoms. The Morgan fingerprint density at radius 3 is 2.04 bits per heavy atom. The van der Waals surface area contributed by atoms with Crippen molar-refractivity contribution in [3.63, 3.8) is 0 Å². The molecule has 0 radical (unpaired) electrons. The van der Waals surface area contributed by atoms with E-state index in [0.29, 0.717) is 42.7 Å². The monoisotopic (exact) mass is 357 g/mol. The zero-order valence-electron chi connectivity index (χ0n) is 14.9. The number of hydrogen-bond donors (Lipinski definition) is 3. The zero-order valence-corrected chi connectivity index (χ0v) is 14.9. The molecule has 0 saturated carbocycles. The van der Waals surface area contributed by atoms with Crippen LogP contribution >= 0.6 is 0 Å². The maximum atomic E-state index is 12.4. The van der Waals surface area contributed by atoms with Crippen LogP contribution in [-0.4, -0.2) is 41.4 Å². The van der Waals surface area contributed by atoms with Crippen LogP contribution in [0, 0.1) is 0 Å². The highest BCUT2D eigenvalue weighted by molar-refractivity contribution is 6.08. The highest BCUT2D eigenvalue weighted by Crippen LogP contribution is 2.20. The predicted octanol–water partition coefficient (Wildman–Crippen LogP) is 2.54. The number of nitrogens with two attached hydrogens (primary N) is 1. The van der Waals surface area contributed by atoms with Gasteiger partial charge in [0.05, 0.1) is 6.61 Å². The number of carbonyl (C=O) groups is 1. The van der Waals surface area contributed by atoms with Crippen molar-refractivity contribution in [2.24, 2.45) is 5.73 Å². The lowest BCUT2D eigenvalue weighted by Gasteiger charge is -2.28. The number of aliphatic hydroxyl groups is 2. The number of aliphatic hydroxyl groups excluding tert-OH is 2. The Balaban J connectivity index is 1.83. The average Bonchev–Trinajstić information content (AvgIpc) is 2.66. The van der Waals surface area contributed by atoms with Gasteiger partial charge in [0.25, 0.3) is 0 Å². The lowest BCUT2D eigenvalue weighted by Crippen LogP contribution is -2.42. The van der Waals surface area contributed by atoms with Crippen molar-refractivity contribution in [1.82, 2.24) is 0 Å². The maximum absolute atomic E-state index is 12.4. The van der Waals surface area contributed by atoms with E-state index in [9.17, 15) is 4.79 Å². The van der Waals surface area contributed by atoms with E-state index in [-0.39, 0.29) is 19.0 Å². The molecule has 0 aromatic heterocycles. The van der Waals surface area contributed by atoms with Crippen molar-refractivity contribution in [3.8, 4) is 5.75 Å². The molecular formula is C21H27NO4. The first kappa shape index (κ1) is 20.1. The van der Waals surface area contributed by atoms with E-state index < -0.39 is 5.54 Å². The smallest absolute Gasteiger partial charge is 0.193 e. The van der Waals surface area contributed by atoms with Crippen LogP contribution in [0.2, 0.25) is 0 Å². The molecule has 2 aromatic rings. The highest BCUT2D eigenvalue weighted by atomic mass is 16.5. The van der Waals surface area contributed by atoms with Crippen molar-refractivity contribution >= 4 is 5.78 Å². The quantitative estimate of drug-likeness (QED) is 0.424. The first-order valence-corrected chi connectivity index (χ1v) is 8.91.